The number of alkyl halides is 3. The summed E-state index contributed by atoms with van der Waals surface area (Å²) in [5.41, 5.74) is 2.99. The first kappa shape index (κ1) is 22.6. The molecule has 1 amide bonds. The van der Waals surface area contributed by atoms with Crippen molar-refractivity contribution in [1.29, 1.82) is 0 Å². The van der Waals surface area contributed by atoms with Crippen LogP contribution < -0.4 is 10.1 Å². The zero-order valence-electron chi connectivity index (χ0n) is 18.0. The molecule has 4 rings (SSSR count). The molecule has 0 aliphatic carbocycles. The number of amides is 1. The molecule has 1 aromatic heterocycles. The Labute approximate surface area is 189 Å². The molecule has 2 aromatic carbocycles. The van der Waals surface area contributed by atoms with Crippen molar-refractivity contribution in [1.82, 2.24) is 14.8 Å². The average molecular weight is 456 g/mol. The van der Waals surface area contributed by atoms with Crippen LogP contribution in [0.5, 0.6) is 5.75 Å². The average Bonchev–Trinajstić information content (AvgIpc) is 3.02. The number of ether oxygens (including phenoxy) is 1. The molecule has 1 N–H and O–H groups in total. The molecule has 0 atom stereocenters. The number of anilines is 1. The fourth-order valence-corrected chi connectivity index (χ4v) is 3.72. The Morgan fingerprint density at radius 1 is 1.09 bits per heavy atom. The lowest BCUT2D eigenvalue weighted by molar-refractivity contribution is -0.274. The van der Waals surface area contributed by atoms with Gasteiger partial charge >= 0.3 is 6.36 Å². The van der Waals surface area contributed by atoms with Gasteiger partial charge in [-0.1, -0.05) is 30.7 Å². The standard InChI is InChI=1S/C24H23F3N4O2/c1-16-6-10-18(23-30-29-21-5-3-2-4-14-31(21)23)15-20(16)28-22(32)13-9-17-7-11-19(12-8-17)33-24(25,26)27/h6-13,15H,2-5,14H2,1H3,(H,28,32)/b13-9+. The Kier molecular flexibility index (Phi) is 6.48. The summed E-state index contributed by atoms with van der Waals surface area (Å²) >= 11 is 0. The number of carbonyl (C=O) groups excluding carboxylic acids is 1. The number of nitrogens with zero attached hydrogens (tertiary/aromatic N) is 3. The predicted octanol–water partition coefficient (Wildman–Crippen LogP) is 5.53. The van der Waals surface area contributed by atoms with E-state index in [0.29, 0.717) is 11.3 Å². The van der Waals surface area contributed by atoms with Crippen molar-refractivity contribution in [3.8, 4) is 17.1 Å². The normalized spacial score (nSPS) is 14.1. The Morgan fingerprint density at radius 2 is 1.88 bits per heavy atom. The summed E-state index contributed by atoms with van der Waals surface area (Å²) in [5.74, 6) is 1.11. The van der Waals surface area contributed by atoms with Crippen LogP contribution >= 0.6 is 0 Å². The van der Waals surface area contributed by atoms with E-state index in [0.717, 1.165) is 48.6 Å². The Bertz CT molecular complexity index is 1170. The van der Waals surface area contributed by atoms with Crippen LogP contribution in [0.3, 0.4) is 0 Å². The van der Waals surface area contributed by atoms with Crippen LogP contribution in [0.2, 0.25) is 0 Å². The van der Waals surface area contributed by atoms with Crippen molar-refractivity contribution in [3.05, 3.63) is 65.5 Å². The van der Waals surface area contributed by atoms with Crippen molar-refractivity contribution in [2.24, 2.45) is 0 Å². The maximum atomic E-state index is 12.5. The highest BCUT2D eigenvalue weighted by Gasteiger charge is 2.30. The van der Waals surface area contributed by atoms with Gasteiger partial charge in [0.1, 0.15) is 11.6 Å². The van der Waals surface area contributed by atoms with E-state index in [1.54, 1.807) is 0 Å². The summed E-state index contributed by atoms with van der Waals surface area (Å²) < 4.78 is 42.8. The molecule has 0 bridgehead atoms. The van der Waals surface area contributed by atoms with Gasteiger partial charge in [0.05, 0.1) is 0 Å². The second kappa shape index (κ2) is 9.48. The largest absolute Gasteiger partial charge is 0.573 e. The first-order chi connectivity index (χ1) is 15.8. The predicted molar refractivity (Wildman–Crippen MR) is 119 cm³/mol. The monoisotopic (exact) mass is 456 g/mol. The molecule has 0 unspecified atom stereocenters. The first-order valence-electron chi connectivity index (χ1n) is 10.7. The molecular formula is C24H23F3N4O2. The molecule has 0 spiro atoms. The number of aromatic nitrogens is 3. The number of hydrogen-bond donors (Lipinski definition) is 1. The minimum absolute atomic E-state index is 0.317. The maximum Gasteiger partial charge on any atom is 0.573 e. The fourth-order valence-electron chi connectivity index (χ4n) is 3.72. The Hall–Kier alpha value is -3.62. The van der Waals surface area contributed by atoms with Crippen LogP contribution in [-0.2, 0) is 17.8 Å². The van der Waals surface area contributed by atoms with Crippen molar-refractivity contribution in [3.63, 3.8) is 0 Å². The summed E-state index contributed by atoms with van der Waals surface area (Å²) in [6.07, 6.45) is 2.38. The first-order valence-corrected chi connectivity index (χ1v) is 10.7. The summed E-state index contributed by atoms with van der Waals surface area (Å²) in [5, 5.41) is 11.6. The van der Waals surface area contributed by atoms with E-state index in [9.17, 15) is 18.0 Å². The molecule has 0 fully saturated rings. The molecule has 0 radical (unpaired) electrons. The van der Waals surface area contributed by atoms with Gasteiger partial charge in [-0.3, -0.25) is 4.79 Å². The fraction of sp³-hybridized carbons (Fsp3) is 0.292. The van der Waals surface area contributed by atoms with Gasteiger partial charge in [0.15, 0.2) is 5.82 Å². The topological polar surface area (TPSA) is 69.0 Å². The van der Waals surface area contributed by atoms with Gasteiger partial charge < -0.3 is 14.6 Å². The van der Waals surface area contributed by atoms with Gasteiger partial charge in [0, 0.05) is 30.3 Å². The molecule has 0 saturated heterocycles. The van der Waals surface area contributed by atoms with Crippen LogP contribution in [0.4, 0.5) is 18.9 Å². The number of halogens is 3. The summed E-state index contributed by atoms with van der Waals surface area (Å²) in [7, 11) is 0. The minimum Gasteiger partial charge on any atom is -0.406 e. The summed E-state index contributed by atoms with van der Waals surface area (Å²) in [6.45, 7) is 2.77. The second-order valence-corrected chi connectivity index (χ2v) is 7.87. The molecule has 1 aliphatic rings. The summed E-state index contributed by atoms with van der Waals surface area (Å²) in [6, 6.07) is 11.0. The summed E-state index contributed by atoms with van der Waals surface area (Å²) in [4.78, 5) is 12.5. The lowest BCUT2D eigenvalue weighted by Crippen LogP contribution is -2.16. The molecular weight excluding hydrogens is 433 g/mol. The number of benzene rings is 2. The van der Waals surface area contributed by atoms with E-state index in [1.807, 2.05) is 25.1 Å². The molecule has 0 saturated carbocycles. The zero-order valence-corrected chi connectivity index (χ0v) is 18.0. The number of nitrogens with one attached hydrogen (secondary N) is 1. The van der Waals surface area contributed by atoms with E-state index in [-0.39, 0.29) is 11.7 Å². The van der Waals surface area contributed by atoms with Crippen LogP contribution in [0.25, 0.3) is 17.5 Å². The zero-order chi connectivity index (χ0) is 23.4. The lowest BCUT2D eigenvalue weighted by atomic mass is 10.1. The second-order valence-electron chi connectivity index (χ2n) is 7.87. The highest BCUT2D eigenvalue weighted by Crippen LogP contribution is 2.27. The minimum atomic E-state index is -4.74. The van der Waals surface area contributed by atoms with Crippen molar-refractivity contribution >= 4 is 17.7 Å². The number of hydrogen-bond acceptors (Lipinski definition) is 4. The molecule has 2 heterocycles. The maximum absolute atomic E-state index is 12.5. The molecule has 6 nitrogen and oxygen atoms in total. The lowest BCUT2D eigenvalue weighted by Gasteiger charge is -2.11. The molecule has 9 heteroatoms. The third-order valence-electron chi connectivity index (χ3n) is 5.40. The Balaban J connectivity index is 1.46. The van der Waals surface area contributed by atoms with Crippen LogP contribution in [-0.4, -0.2) is 27.0 Å². The van der Waals surface area contributed by atoms with Gasteiger partial charge in [0.25, 0.3) is 0 Å². The molecule has 172 valence electrons. The molecule has 3 aromatic rings. The number of aryl methyl sites for hydroxylation is 2. The van der Waals surface area contributed by atoms with E-state index >= 15 is 0 Å². The van der Waals surface area contributed by atoms with E-state index in [4.69, 9.17) is 0 Å². The van der Waals surface area contributed by atoms with Gasteiger partial charge in [0.2, 0.25) is 5.91 Å². The van der Waals surface area contributed by atoms with E-state index in [1.165, 1.54) is 42.8 Å². The van der Waals surface area contributed by atoms with Crippen molar-refractivity contribution in [2.45, 2.75) is 45.5 Å². The highest BCUT2D eigenvalue weighted by atomic mass is 19.4. The van der Waals surface area contributed by atoms with Crippen molar-refractivity contribution < 1.29 is 22.7 Å². The van der Waals surface area contributed by atoms with Gasteiger partial charge in [-0.15, -0.1) is 23.4 Å². The third-order valence-corrected chi connectivity index (χ3v) is 5.40. The number of carbonyl (C=O) groups is 1. The molecule has 33 heavy (non-hydrogen) atoms. The van der Waals surface area contributed by atoms with Gasteiger partial charge in [-0.25, -0.2) is 0 Å². The molecule has 1 aliphatic heterocycles. The third kappa shape index (κ3) is 5.79. The van der Waals surface area contributed by atoms with Crippen molar-refractivity contribution in [2.75, 3.05) is 5.32 Å². The quantitative estimate of drug-likeness (QED) is 0.513. The van der Waals surface area contributed by atoms with Crippen LogP contribution in [0.1, 0.15) is 36.2 Å². The number of fused-ring (bicyclic) bond motifs is 1. The SMILES string of the molecule is Cc1ccc(-c2nnc3n2CCCCC3)cc1NC(=O)/C=C/c1ccc(OC(F)(F)F)cc1. The van der Waals surface area contributed by atoms with Gasteiger partial charge in [-0.05, 0) is 55.2 Å². The highest BCUT2D eigenvalue weighted by molar-refractivity contribution is 6.02. The van der Waals surface area contributed by atoms with Crippen LogP contribution in [0.15, 0.2) is 48.5 Å². The Morgan fingerprint density at radius 3 is 2.64 bits per heavy atom. The van der Waals surface area contributed by atoms with E-state index in [2.05, 4.69) is 24.8 Å². The van der Waals surface area contributed by atoms with Gasteiger partial charge in [-0.2, -0.15) is 0 Å². The number of rotatable bonds is 5. The smallest absolute Gasteiger partial charge is 0.406 e. The van der Waals surface area contributed by atoms with E-state index < -0.39 is 6.36 Å². The van der Waals surface area contributed by atoms with Crippen LogP contribution in [0, 0.1) is 6.92 Å².